The average molecular weight is 328 g/mol. The van der Waals surface area contributed by atoms with Crippen molar-refractivity contribution in [2.45, 2.75) is 6.42 Å². The summed E-state index contributed by atoms with van der Waals surface area (Å²) in [5.74, 6) is -0.675. The van der Waals surface area contributed by atoms with E-state index in [2.05, 4.69) is 10.6 Å². The van der Waals surface area contributed by atoms with Crippen molar-refractivity contribution in [3.05, 3.63) is 30.1 Å². The zero-order valence-corrected chi connectivity index (χ0v) is 12.9. The largest absolute Gasteiger partial charge is 0.355 e. The van der Waals surface area contributed by atoms with Crippen LogP contribution in [0, 0.1) is 17.7 Å². The number of para-hydroxylation sites is 1. The number of nitrogens with zero attached hydrogens (tertiary/aromatic N) is 1. The van der Waals surface area contributed by atoms with Crippen LogP contribution in [0.15, 0.2) is 24.3 Å². The number of carbonyl (C=O) groups excluding carboxylic acids is 2. The molecule has 0 aromatic heterocycles. The molecule has 1 atom stereocenters. The molecule has 2 fully saturated rings. The smallest absolute Gasteiger partial charge is 0.227 e. The molecule has 3 rings (SSSR count). The molecule has 1 aromatic carbocycles. The molecule has 7 heteroatoms. The Morgan fingerprint density at radius 1 is 1.36 bits per heavy atom. The monoisotopic (exact) mass is 327 g/mol. The predicted octanol–water partition coefficient (Wildman–Crippen LogP) is 0.936. The first-order valence-corrected chi connectivity index (χ1v) is 7.18. The first kappa shape index (κ1) is 16.7. The van der Waals surface area contributed by atoms with Gasteiger partial charge in [-0.15, -0.1) is 12.4 Å². The number of hydrogen-bond acceptors (Lipinski definition) is 3. The minimum absolute atomic E-state index is 0. The lowest BCUT2D eigenvalue weighted by Gasteiger charge is -2.27. The van der Waals surface area contributed by atoms with Crippen LogP contribution in [0.1, 0.15) is 6.42 Å². The van der Waals surface area contributed by atoms with Crippen molar-refractivity contribution in [3.63, 3.8) is 0 Å². The second kappa shape index (κ2) is 7.07. The SMILES string of the molecule is Cl.O=C(NCC1CNC1)C1CC(=O)N(c2ccccc2F)C1. The highest BCUT2D eigenvalue weighted by molar-refractivity contribution is 6.00. The highest BCUT2D eigenvalue weighted by atomic mass is 35.5. The number of halogens is 2. The predicted molar refractivity (Wildman–Crippen MR) is 83.5 cm³/mol. The van der Waals surface area contributed by atoms with Crippen LogP contribution in [0.3, 0.4) is 0 Å². The Bertz CT molecular complexity index is 565. The Hall–Kier alpha value is -1.66. The Morgan fingerprint density at radius 3 is 2.73 bits per heavy atom. The van der Waals surface area contributed by atoms with Crippen LogP contribution in [0.2, 0.25) is 0 Å². The molecule has 120 valence electrons. The summed E-state index contributed by atoms with van der Waals surface area (Å²) in [5.41, 5.74) is 0.251. The molecule has 1 unspecified atom stereocenters. The molecule has 0 radical (unpaired) electrons. The van der Waals surface area contributed by atoms with E-state index in [-0.39, 0.29) is 42.9 Å². The molecule has 1 aromatic rings. The molecule has 2 aliphatic rings. The number of carbonyl (C=O) groups is 2. The summed E-state index contributed by atoms with van der Waals surface area (Å²) in [6, 6.07) is 6.14. The van der Waals surface area contributed by atoms with Crippen LogP contribution < -0.4 is 15.5 Å². The van der Waals surface area contributed by atoms with Gasteiger partial charge < -0.3 is 15.5 Å². The van der Waals surface area contributed by atoms with Gasteiger partial charge in [0, 0.05) is 38.5 Å². The van der Waals surface area contributed by atoms with Crippen molar-refractivity contribution in [3.8, 4) is 0 Å². The molecule has 22 heavy (non-hydrogen) atoms. The van der Waals surface area contributed by atoms with Gasteiger partial charge in [-0.1, -0.05) is 12.1 Å². The van der Waals surface area contributed by atoms with Gasteiger partial charge in [0.05, 0.1) is 11.6 Å². The number of nitrogens with one attached hydrogen (secondary N) is 2. The summed E-state index contributed by atoms with van der Waals surface area (Å²) in [5, 5.41) is 6.02. The summed E-state index contributed by atoms with van der Waals surface area (Å²) in [6.07, 6.45) is 0.142. The summed E-state index contributed by atoms with van der Waals surface area (Å²) in [4.78, 5) is 25.5. The van der Waals surface area contributed by atoms with Crippen molar-refractivity contribution in [2.24, 2.45) is 11.8 Å². The van der Waals surface area contributed by atoms with Gasteiger partial charge in [0.1, 0.15) is 5.82 Å². The van der Waals surface area contributed by atoms with E-state index in [1.165, 1.54) is 11.0 Å². The standard InChI is InChI=1S/C15H18FN3O2.ClH/c16-12-3-1-2-4-13(12)19-9-11(5-14(19)20)15(21)18-8-10-6-17-7-10;/h1-4,10-11,17H,5-9H2,(H,18,21);1H. The van der Waals surface area contributed by atoms with E-state index in [1.54, 1.807) is 18.2 Å². The first-order chi connectivity index (χ1) is 10.1. The maximum absolute atomic E-state index is 13.7. The Labute approximate surface area is 134 Å². The molecule has 2 saturated heterocycles. The third-order valence-electron chi connectivity index (χ3n) is 4.07. The summed E-state index contributed by atoms with van der Waals surface area (Å²) in [7, 11) is 0. The van der Waals surface area contributed by atoms with Crippen molar-refractivity contribution in [1.82, 2.24) is 10.6 Å². The van der Waals surface area contributed by atoms with Crippen LogP contribution in [0.25, 0.3) is 0 Å². The van der Waals surface area contributed by atoms with E-state index >= 15 is 0 Å². The second-order valence-corrected chi connectivity index (χ2v) is 5.63. The molecule has 0 spiro atoms. The fraction of sp³-hybridized carbons (Fsp3) is 0.467. The topological polar surface area (TPSA) is 61.4 Å². The molecule has 0 bridgehead atoms. The second-order valence-electron chi connectivity index (χ2n) is 5.63. The van der Waals surface area contributed by atoms with Crippen molar-refractivity contribution >= 4 is 29.9 Å². The maximum atomic E-state index is 13.7. The van der Waals surface area contributed by atoms with Gasteiger partial charge in [0.2, 0.25) is 11.8 Å². The summed E-state index contributed by atoms with van der Waals surface area (Å²) in [6.45, 7) is 2.72. The number of rotatable bonds is 4. The summed E-state index contributed by atoms with van der Waals surface area (Å²) >= 11 is 0. The van der Waals surface area contributed by atoms with E-state index in [9.17, 15) is 14.0 Å². The number of benzene rings is 1. The first-order valence-electron chi connectivity index (χ1n) is 7.18. The van der Waals surface area contributed by atoms with Gasteiger partial charge in [0.25, 0.3) is 0 Å². The van der Waals surface area contributed by atoms with Crippen molar-refractivity contribution in [2.75, 3.05) is 31.1 Å². The third kappa shape index (κ3) is 3.39. The molecule has 2 N–H and O–H groups in total. The van der Waals surface area contributed by atoms with Gasteiger partial charge in [-0.3, -0.25) is 9.59 Å². The minimum Gasteiger partial charge on any atom is -0.355 e. The molecular weight excluding hydrogens is 309 g/mol. The lowest BCUT2D eigenvalue weighted by molar-refractivity contribution is -0.126. The number of hydrogen-bond donors (Lipinski definition) is 2. The molecule has 0 saturated carbocycles. The Balaban J connectivity index is 0.00000176. The maximum Gasteiger partial charge on any atom is 0.227 e. The van der Waals surface area contributed by atoms with Crippen molar-refractivity contribution in [1.29, 1.82) is 0 Å². The van der Waals surface area contributed by atoms with Gasteiger partial charge in [-0.25, -0.2) is 4.39 Å². The molecule has 2 amide bonds. The fourth-order valence-electron chi connectivity index (χ4n) is 2.67. The van der Waals surface area contributed by atoms with Gasteiger partial charge in [-0.05, 0) is 12.1 Å². The number of amides is 2. The lowest BCUT2D eigenvalue weighted by atomic mass is 10.0. The molecule has 5 nitrogen and oxygen atoms in total. The highest BCUT2D eigenvalue weighted by Crippen LogP contribution is 2.27. The van der Waals surface area contributed by atoms with Crippen LogP contribution >= 0.6 is 12.4 Å². The van der Waals surface area contributed by atoms with E-state index in [0.29, 0.717) is 12.5 Å². The van der Waals surface area contributed by atoms with E-state index in [0.717, 1.165) is 13.1 Å². The Kier molecular flexibility index (Phi) is 5.37. The van der Waals surface area contributed by atoms with Gasteiger partial charge >= 0.3 is 0 Å². The normalized spacial score (nSPS) is 21.2. The summed E-state index contributed by atoms with van der Waals surface area (Å²) < 4.78 is 13.7. The van der Waals surface area contributed by atoms with E-state index in [1.807, 2.05) is 0 Å². The third-order valence-corrected chi connectivity index (χ3v) is 4.07. The van der Waals surface area contributed by atoms with E-state index < -0.39 is 11.7 Å². The van der Waals surface area contributed by atoms with Crippen LogP contribution in [-0.2, 0) is 9.59 Å². The molecule has 2 heterocycles. The van der Waals surface area contributed by atoms with Gasteiger partial charge in [-0.2, -0.15) is 0 Å². The highest BCUT2D eigenvalue weighted by Gasteiger charge is 2.36. The molecular formula is C15H19ClFN3O2. The average Bonchev–Trinajstić information content (AvgIpc) is 2.79. The lowest BCUT2D eigenvalue weighted by Crippen LogP contribution is -2.49. The zero-order valence-electron chi connectivity index (χ0n) is 12.0. The van der Waals surface area contributed by atoms with E-state index in [4.69, 9.17) is 0 Å². The van der Waals surface area contributed by atoms with Crippen molar-refractivity contribution < 1.29 is 14.0 Å². The Morgan fingerprint density at radius 2 is 2.09 bits per heavy atom. The zero-order chi connectivity index (χ0) is 14.8. The molecule has 2 aliphatic heterocycles. The van der Waals surface area contributed by atoms with Crippen LogP contribution in [-0.4, -0.2) is 38.0 Å². The van der Waals surface area contributed by atoms with Gasteiger partial charge in [0.15, 0.2) is 0 Å². The number of anilines is 1. The minimum atomic E-state index is -0.438. The quantitative estimate of drug-likeness (QED) is 0.865. The van der Waals surface area contributed by atoms with Crippen LogP contribution in [0.5, 0.6) is 0 Å². The van der Waals surface area contributed by atoms with Crippen LogP contribution in [0.4, 0.5) is 10.1 Å². The fourth-order valence-corrected chi connectivity index (χ4v) is 2.67. The molecule has 0 aliphatic carbocycles.